The molecule has 0 spiro atoms. The van der Waals surface area contributed by atoms with Gasteiger partial charge in [-0.05, 0) is 42.7 Å². The van der Waals surface area contributed by atoms with Gasteiger partial charge in [0.05, 0.1) is 17.6 Å². The Hall–Kier alpha value is -3.19. The topological polar surface area (TPSA) is 89.9 Å². The van der Waals surface area contributed by atoms with Crippen molar-refractivity contribution in [1.82, 2.24) is 19.5 Å². The summed E-state index contributed by atoms with van der Waals surface area (Å²) in [5, 5.41) is 0.593. The van der Waals surface area contributed by atoms with E-state index in [-0.39, 0.29) is 11.5 Å². The highest BCUT2D eigenvalue weighted by molar-refractivity contribution is 6.32. The smallest absolute Gasteiger partial charge is 0.349 e. The molecule has 2 heterocycles. The van der Waals surface area contributed by atoms with Crippen LogP contribution in [-0.4, -0.2) is 26.1 Å². The molecule has 7 nitrogen and oxygen atoms in total. The maximum absolute atomic E-state index is 12.3. The first-order valence-corrected chi connectivity index (χ1v) is 9.75. The number of nitrogens with one attached hydrogen (secondary N) is 1. The minimum absolute atomic E-state index is 0.112. The average Bonchev–Trinajstić information content (AvgIpc) is 2.71. The van der Waals surface area contributed by atoms with Gasteiger partial charge in [-0.1, -0.05) is 36.7 Å². The summed E-state index contributed by atoms with van der Waals surface area (Å²) in [6, 6.07) is 13.2. The van der Waals surface area contributed by atoms with E-state index in [9.17, 15) is 9.59 Å². The van der Waals surface area contributed by atoms with Crippen LogP contribution in [0.1, 0.15) is 18.9 Å². The lowest BCUT2D eigenvalue weighted by Gasteiger charge is -2.18. The summed E-state index contributed by atoms with van der Waals surface area (Å²) in [5.41, 5.74) is 1.17. The van der Waals surface area contributed by atoms with E-state index in [0.29, 0.717) is 30.1 Å². The van der Waals surface area contributed by atoms with Gasteiger partial charge in [-0.3, -0.25) is 9.78 Å². The van der Waals surface area contributed by atoms with Gasteiger partial charge in [0.2, 0.25) is 0 Å². The number of rotatable bonds is 6. The van der Waals surface area contributed by atoms with Crippen LogP contribution in [0.25, 0.3) is 22.6 Å². The van der Waals surface area contributed by atoms with E-state index in [1.165, 1.54) is 0 Å². The van der Waals surface area contributed by atoms with Crippen molar-refractivity contribution in [3.05, 3.63) is 73.9 Å². The van der Waals surface area contributed by atoms with Crippen LogP contribution >= 0.6 is 11.6 Å². The van der Waals surface area contributed by atoms with E-state index in [0.717, 1.165) is 23.3 Å². The fraction of sp³-hybridized carbons (Fsp3) is 0.238. The van der Waals surface area contributed by atoms with Gasteiger partial charge in [0.25, 0.3) is 5.56 Å². The predicted octanol–water partition coefficient (Wildman–Crippen LogP) is 3.27. The number of aryl methyl sites for hydroxylation is 2. The Labute approximate surface area is 171 Å². The van der Waals surface area contributed by atoms with E-state index < -0.39 is 11.2 Å². The molecule has 148 valence electrons. The van der Waals surface area contributed by atoms with Gasteiger partial charge in [-0.15, -0.1) is 0 Å². The number of H-pyrrole nitrogens is 1. The van der Waals surface area contributed by atoms with Crippen molar-refractivity contribution in [3.8, 4) is 17.3 Å². The number of hydrogen-bond donors (Lipinski definition) is 1. The fourth-order valence-electron chi connectivity index (χ4n) is 3.29. The zero-order valence-electron chi connectivity index (χ0n) is 15.8. The van der Waals surface area contributed by atoms with E-state index in [1.54, 1.807) is 6.07 Å². The molecule has 0 aromatic heterocycles. The van der Waals surface area contributed by atoms with Gasteiger partial charge in [-0.25, -0.2) is 9.78 Å². The first kappa shape index (κ1) is 19.1. The standard InChI is InChI=1S/C21H19ClN4O3/c1-2-13-11-17-16(12-15(13)22)23-18-19(24-21(28)25-20(18)27)26(17)9-6-10-29-14-7-4-3-5-8-14/h3-5,7-8,11-12H,2,6,9-10H2,1H3,(H,25,27,28). The third kappa shape index (κ3) is 3.86. The van der Waals surface area contributed by atoms with Crippen molar-refractivity contribution < 1.29 is 4.74 Å². The van der Waals surface area contributed by atoms with Crippen molar-refractivity contribution in [1.29, 1.82) is 0 Å². The second kappa shape index (κ2) is 8.05. The van der Waals surface area contributed by atoms with Crippen LogP contribution < -0.4 is 16.0 Å². The quantitative estimate of drug-likeness (QED) is 0.389. The number of aromatic amines is 1. The van der Waals surface area contributed by atoms with Crippen LogP contribution in [0.2, 0.25) is 5.02 Å². The van der Waals surface area contributed by atoms with Crippen LogP contribution in [-0.2, 0) is 13.0 Å². The summed E-state index contributed by atoms with van der Waals surface area (Å²) in [4.78, 5) is 34.7. The second-order valence-corrected chi connectivity index (χ2v) is 7.01. The third-order valence-electron chi connectivity index (χ3n) is 4.70. The average molecular weight is 411 g/mol. The van der Waals surface area contributed by atoms with Crippen LogP contribution in [0.15, 0.2) is 52.1 Å². The Morgan fingerprint density at radius 3 is 2.69 bits per heavy atom. The molecule has 2 aliphatic rings. The normalized spacial score (nSPS) is 11.2. The van der Waals surface area contributed by atoms with E-state index in [2.05, 4.69) is 15.0 Å². The number of ether oxygens (including phenoxy) is 1. The lowest BCUT2D eigenvalue weighted by Crippen LogP contribution is -2.29. The van der Waals surface area contributed by atoms with Crippen molar-refractivity contribution in [3.63, 3.8) is 0 Å². The van der Waals surface area contributed by atoms with Crippen molar-refractivity contribution >= 4 is 22.6 Å². The summed E-state index contributed by atoms with van der Waals surface area (Å²) in [6.07, 6.45) is 1.40. The van der Waals surface area contributed by atoms with E-state index in [4.69, 9.17) is 16.3 Å². The summed E-state index contributed by atoms with van der Waals surface area (Å²) < 4.78 is 7.61. The first-order valence-electron chi connectivity index (χ1n) is 9.37. The zero-order valence-corrected chi connectivity index (χ0v) is 16.6. The third-order valence-corrected chi connectivity index (χ3v) is 5.05. The molecule has 0 saturated heterocycles. The summed E-state index contributed by atoms with van der Waals surface area (Å²) in [7, 11) is 0. The predicted molar refractivity (Wildman–Crippen MR) is 112 cm³/mol. The van der Waals surface area contributed by atoms with Gasteiger partial charge < -0.3 is 9.30 Å². The Morgan fingerprint density at radius 1 is 1.14 bits per heavy atom. The molecule has 2 aromatic carbocycles. The summed E-state index contributed by atoms with van der Waals surface area (Å²) >= 11 is 6.35. The molecule has 0 atom stereocenters. The molecule has 1 N–H and O–H groups in total. The molecule has 2 aromatic rings. The summed E-state index contributed by atoms with van der Waals surface area (Å²) in [6.45, 7) is 2.99. The number of hydrogen-bond acceptors (Lipinski definition) is 5. The van der Waals surface area contributed by atoms with Crippen LogP contribution in [0.4, 0.5) is 0 Å². The molecule has 0 aliphatic carbocycles. The minimum atomic E-state index is -0.692. The number of fused-ring (bicyclic) bond motifs is 2. The SMILES string of the molecule is CCc1cc2c(cc1Cl)nc1c(=O)[nH]c(=O)nc-1n2CCCOc1ccccc1. The Bertz CT molecular complexity index is 1250. The van der Waals surface area contributed by atoms with Crippen LogP contribution in [0, 0.1) is 0 Å². The highest BCUT2D eigenvalue weighted by Crippen LogP contribution is 2.27. The molecular weight excluding hydrogens is 392 g/mol. The molecule has 0 amide bonds. The summed E-state index contributed by atoms with van der Waals surface area (Å²) in [5.74, 6) is 1.05. The molecule has 0 radical (unpaired) electrons. The number of aromatic nitrogens is 4. The highest BCUT2D eigenvalue weighted by atomic mass is 35.5. The highest BCUT2D eigenvalue weighted by Gasteiger charge is 2.19. The van der Waals surface area contributed by atoms with E-state index in [1.807, 2.05) is 47.9 Å². The Balaban J connectivity index is 1.75. The molecule has 8 heteroatoms. The first-order chi connectivity index (χ1) is 14.1. The molecule has 0 unspecified atom stereocenters. The maximum Gasteiger partial charge on any atom is 0.349 e. The monoisotopic (exact) mass is 410 g/mol. The maximum atomic E-state index is 12.3. The lowest BCUT2D eigenvalue weighted by molar-refractivity contribution is 0.302. The lowest BCUT2D eigenvalue weighted by atomic mass is 10.1. The van der Waals surface area contributed by atoms with Gasteiger partial charge in [0.15, 0.2) is 11.5 Å². The second-order valence-electron chi connectivity index (χ2n) is 6.61. The number of nitrogens with zero attached hydrogens (tertiary/aromatic N) is 3. The van der Waals surface area contributed by atoms with Crippen LogP contribution in [0.5, 0.6) is 5.75 Å². The molecule has 29 heavy (non-hydrogen) atoms. The van der Waals surface area contributed by atoms with Crippen LogP contribution in [0.3, 0.4) is 0 Å². The minimum Gasteiger partial charge on any atom is -0.494 e. The van der Waals surface area contributed by atoms with Gasteiger partial charge in [-0.2, -0.15) is 4.98 Å². The Kier molecular flexibility index (Phi) is 5.31. The fourth-order valence-corrected chi connectivity index (χ4v) is 3.58. The molecular formula is C21H19ClN4O3. The van der Waals surface area contributed by atoms with Gasteiger partial charge in [0.1, 0.15) is 5.75 Å². The van der Waals surface area contributed by atoms with E-state index >= 15 is 0 Å². The zero-order chi connectivity index (χ0) is 20.4. The molecule has 0 fully saturated rings. The molecule has 4 rings (SSSR count). The van der Waals surface area contributed by atoms with Gasteiger partial charge >= 0.3 is 5.69 Å². The number of para-hydroxylation sites is 1. The number of benzene rings is 2. The van der Waals surface area contributed by atoms with Crippen molar-refractivity contribution in [2.75, 3.05) is 6.61 Å². The van der Waals surface area contributed by atoms with Crippen molar-refractivity contribution in [2.45, 2.75) is 26.3 Å². The van der Waals surface area contributed by atoms with Crippen molar-refractivity contribution in [2.24, 2.45) is 0 Å². The molecule has 2 aliphatic heterocycles. The Morgan fingerprint density at radius 2 is 1.93 bits per heavy atom. The molecule has 0 bridgehead atoms. The molecule has 0 saturated carbocycles. The number of halogens is 1. The van der Waals surface area contributed by atoms with Gasteiger partial charge in [0, 0.05) is 11.6 Å². The largest absolute Gasteiger partial charge is 0.494 e.